The SMILES string of the molecule is CCCCCCCCCC(=O)N(C)CC#N. The second kappa shape index (κ2) is 10.5. The number of unbranched alkanes of at least 4 members (excludes halogenated alkanes) is 6. The van der Waals surface area contributed by atoms with Crippen molar-refractivity contribution in [2.24, 2.45) is 0 Å². The maximum absolute atomic E-state index is 11.4. The van der Waals surface area contributed by atoms with E-state index in [1.807, 2.05) is 6.07 Å². The Kier molecular flexibility index (Phi) is 9.80. The van der Waals surface area contributed by atoms with Gasteiger partial charge in [0.25, 0.3) is 0 Å². The van der Waals surface area contributed by atoms with Crippen molar-refractivity contribution in [3.05, 3.63) is 0 Å². The van der Waals surface area contributed by atoms with Gasteiger partial charge in [-0.25, -0.2) is 0 Å². The summed E-state index contributed by atoms with van der Waals surface area (Å²) in [5, 5.41) is 8.43. The van der Waals surface area contributed by atoms with E-state index < -0.39 is 0 Å². The Balaban J connectivity index is 3.31. The lowest BCUT2D eigenvalue weighted by Gasteiger charge is -2.12. The third-order valence-corrected chi connectivity index (χ3v) is 2.73. The Morgan fingerprint density at radius 3 is 2.25 bits per heavy atom. The number of nitrogens with zero attached hydrogens (tertiary/aromatic N) is 2. The summed E-state index contributed by atoms with van der Waals surface area (Å²) in [5.41, 5.74) is 0. The molecule has 0 spiro atoms. The van der Waals surface area contributed by atoms with Crippen molar-refractivity contribution in [2.45, 2.75) is 58.3 Å². The molecule has 92 valence electrons. The smallest absolute Gasteiger partial charge is 0.223 e. The summed E-state index contributed by atoms with van der Waals surface area (Å²) in [5.74, 6) is 0.0927. The lowest BCUT2D eigenvalue weighted by molar-refractivity contribution is -0.129. The fraction of sp³-hybridized carbons (Fsp3) is 0.846. The van der Waals surface area contributed by atoms with Gasteiger partial charge in [-0.3, -0.25) is 4.79 Å². The molecular weight excluding hydrogens is 200 g/mol. The van der Waals surface area contributed by atoms with Crippen LogP contribution in [0.4, 0.5) is 0 Å². The summed E-state index contributed by atoms with van der Waals surface area (Å²) in [6.45, 7) is 2.42. The second-order valence-corrected chi connectivity index (χ2v) is 4.28. The third kappa shape index (κ3) is 8.28. The molecular formula is C13H24N2O. The molecule has 0 atom stereocenters. The largest absolute Gasteiger partial charge is 0.332 e. The average Bonchev–Trinajstić information content (AvgIpc) is 2.28. The van der Waals surface area contributed by atoms with Crippen LogP contribution in [0.25, 0.3) is 0 Å². The Hall–Kier alpha value is -1.04. The molecule has 0 N–H and O–H groups in total. The molecule has 0 radical (unpaired) electrons. The Bertz CT molecular complexity index is 220. The minimum absolute atomic E-state index is 0.0927. The van der Waals surface area contributed by atoms with Crippen LogP contribution in [0, 0.1) is 11.3 Å². The number of carbonyl (C=O) groups excluding carboxylic acids is 1. The molecule has 0 aliphatic heterocycles. The van der Waals surface area contributed by atoms with E-state index in [1.54, 1.807) is 7.05 Å². The van der Waals surface area contributed by atoms with Crippen LogP contribution < -0.4 is 0 Å². The van der Waals surface area contributed by atoms with Gasteiger partial charge in [0.2, 0.25) is 5.91 Å². The minimum atomic E-state index is 0.0927. The summed E-state index contributed by atoms with van der Waals surface area (Å²) in [7, 11) is 1.69. The van der Waals surface area contributed by atoms with Gasteiger partial charge < -0.3 is 4.90 Å². The number of nitriles is 1. The predicted molar refractivity (Wildman–Crippen MR) is 65.9 cm³/mol. The predicted octanol–water partition coefficient (Wildman–Crippen LogP) is 3.11. The first-order chi connectivity index (χ1) is 7.72. The average molecular weight is 224 g/mol. The molecule has 0 unspecified atom stereocenters. The summed E-state index contributed by atoms with van der Waals surface area (Å²) >= 11 is 0. The van der Waals surface area contributed by atoms with E-state index >= 15 is 0 Å². The highest BCUT2D eigenvalue weighted by Crippen LogP contribution is 2.08. The van der Waals surface area contributed by atoms with Gasteiger partial charge in [0, 0.05) is 13.5 Å². The van der Waals surface area contributed by atoms with Crippen molar-refractivity contribution in [3.8, 4) is 6.07 Å². The molecule has 0 bridgehead atoms. The van der Waals surface area contributed by atoms with Gasteiger partial charge in [0.1, 0.15) is 6.54 Å². The van der Waals surface area contributed by atoms with Crippen LogP contribution in [0.2, 0.25) is 0 Å². The summed E-state index contributed by atoms with van der Waals surface area (Å²) in [6, 6.07) is 1.98. The highest BCUT2D eigenvalue weighted by molar-refractivity contribution is 5.75. The molecule has 0 aliphatic rings. The van der Waals surface area contributed by atoms with Crippen molar-refractivity contribution in [2.75, 3.05) is 13.6 Å². The molecule has 0 aliphatic carbocycles. The van der Waals surface area contributed by atoms with Crippen molar-refractivity contribution in [1.82, 2.24) is 4.90 Å². The highest BCUT2D eigenvalue weighted by Gasteiger charge is 2.06. The first kappa shape index (κ1) is 15.0. The van der Waals surface area contributed by atoms with E-state index in [-0.39, 0.29) is 12.5 Å². The fourth-order valence-corrected chi connectivity index (χ4v) is 1.62. The monoisotopic (exact) mass is 224 g/mol. The molecule has 1 amide bonds. The van der Waals surface area contributed by atoms with Crippen LogP contribution in [-0.2, 0) is 4.79 Å². The maximum atomic E-state index is 11.4. The van der Waals surface area contributed by atoms with Gasteiger partial charge in [0.05, 0.1) is 6.07 Å². The normalized spacial score (nSPS) is 9.81. The van der Waals surface area contributed by atoms with Crippen LogP contribution in [0.3, 0.4) is 0 Å². The van der Waals surface area contributed by atoms with E-state index in [4.69, 9.17) is 5.26 Å². The van der Waals surface area contributed by atoms with Gasteiger partial charge in [-0.05, 0) is 6.42 Å². The number of rotatable bonds is 9. The lowest BCUT2D eigenvalue weighted by Crippen LogP contribution is -2.26. The number of hydrogen-bond acceptors (Lipinski definition) is 2. The summed E-state index contributed by atoms with van der Waals surface area (Å²) in [4.78, 5) is 12.9. The number of hydrogen-bond donors (Lipinski definition) is 0. The molecule has 0 rings (SSSR count). The summed E-state index contributed by atoms with van der Waals surface area (Å²) in [6.07, 6.45) is 9.12. The fourth-order valence-electron chi connectivity index (χ4n) is 1.62. The van der Waals surface area contributed by atoms with E-state index in [9.17, 15) is 4.79 Å². The Morgan fingerprint density at radius 1 is 1.12 bits per heavy atom. The first-order valence-corrected chi connectivity index (χ1v) is 6.33. The maximum Gasteiger partial charge on any atom is 0.223 e. The van der Waals surface area contributed by atoms with Gasteiger partial charge in [-0.1, -0.05) is 45.4 Å². The topological polar surface area (TPSA) is 44.1 Å². The van der Waals surface area contributed by atoms with E-state index in [0.29, 0.717) is 6.42 Å². The molecule has 3 nitrogen and oxygen atoms in total. The van der Waals surface area contributed by atoms with Crippen LogP contribution >= 0.6 is 0 Å². The number of carbonyl (C=O) groups is 1. The van der Waals surface area contributed by atoms with Crippen molar-refractivity contribution < 1.29 is 4.79 Å². The van der Waals surface area contributed by atoms with Gasteiger partial charge in [-0.15, -0.1) is 0 Å². The lowest BCUT2D eigenvalue weighted by atomic mass is 10.1. The molecule has 0 heterocycles. The zero-order chi connectivity index (χ0) is 12.2. The van der Waals surface area contributed by atoms with Crippen LogP contribution in [0.5, 0.6) is 0 Å². The van der Waals surface area contributed by atoms with Crippen LogP contribution in [-0.4, -0.2) is 24.4 Å². The molecule has 0 fully saturated rings. The molecule has 0 saturated heterocycles. The second-order valence-electron chi connectivity index (χ2n) is 4.28. The number of amides is 1. The molecule has 16 heavy (non-hydrogen) atoms. The molecule has 0 saturated carbocycles. The van der Waals surface area contributed by atoms with E-state index in [2.05, 4.69) is 6.92 Å². The molecule has 0 aromatic carbocycles. The Morgan fingerprint density at radius 2 is 1.69 bits per heavy atom. The molecule has 3 heteroatoms. The van der Waals surface area contributed by atoms with E-state index in [0.717, 1.165) is 12.8 Å². The Labute approximate surface area is 99.4 Å². The van der Waals surface area contributed by atoms with Gasteiger partial charge in [0.15, 0.2) is 0 Å². The highest BCUT2D eigenvalue weighted by atomic mass is 16.2. The van der Waals surface area contributed by atoms with Crippen molar-refractivity contribution in [1.29, 1.82) is 5.26 Å². The zero-order valence-electron chi connectivity index (χ0n) is 10.7. The first-order valence-electron chi connectivity index (χ1n) is 6.33. The molecule has 0 aromatic rings. The van der Waals surface area contributed by atoms with Crippen molar-refractivity contribution in [3.63, 3.8) is 0 Å². The zero-order valence-corrected chi connectivity index (χ0v) is 10.7. The van der Waals surface area contributed by atoms with E-state index in [1.165, 1.54) is 37.0 Å². The van der Waals surface area contributed by atoms with Gasteiger partial charge in [-0.2, -0.15) is 5.26 Å². The third-order valence-electron chi connectivity index (χ3n) is 2.73. The standard InChI is InChI=1S/C13H24N2O/c1-3-4-5-6-7-8-9-10-13(16)15(2)12-11-14/h3-10,12H2,1-2H3. The van der Waals surface area contributed by atoms with Crippen LogP contribution in [0.15, 0.2) is 0 Å². The van der Waals surface area contributed by atoms with Crippen molar-refractivity contribution >= 4 is 5.91 Å². The molecule has 0 aromatic heterocycles. The van der Waals surface area contributed by atoms with Gasteiger partial charge >= 0.3 is 0 Å². The minimum Gasteiger partial charge on any atom is -0.332 e. The summed E-state index contributed by atoms with van der Waals surface area (Å²) < 4.78 is 0. The van der Waals surface area contributed by atoms with Crippen LogP contribution in [0.1, 0.15) is 58.3 Å². The quantitative estimate of drug-likeness (QED) is 0.446.